The van der Waals surface area contributed by atoms with Gasteiger partial charge in [0.05, 0.1) is 0 Å². The van der Waals surface area contributed by atoms with Crippen LogP contribution in [0, 0.1) is 5.41 Å². The minimum Gasteiger partial charge on any atom is -0.342 e. The van der Waals surface area contributed by atoms with E-state index in [1.54, 1.807) is 0 Å². The fourth-order valence-electron chi connectivity index (χ4n) is 5.01. The van der Waals surface area contributed by atoms with E-state index in [1.165, 1.54) is 24.0 Å². The first-order chi connectivity index (χ1) is 14.1. The van der Waals surface area contributed by atoms with Crippen LogP contribution >= 0.6 is 0 Å². The van der Waals surface area contributed by atoms with E-state index >= 15 is 0 Å². The Morgan fingerprint density at radius 1 is 1.03 bits per heavy atom. The molecule has 4 rings (SSSR count). The van der Waals surface area contributed by atoms with E-state index in [4.69, 9.17) is 0 Å². The van der Waals surface area contributed by atoms with E-state index in [-0.39, 0.29) is 0 Å². The zero-order valence-corrected chi connectivity index (χ0v) is 17.6. The van der Waals surface area contributed by atoms with Crippen molar-refractivity contribution in [2.45, 2.75) is 44.9 Å². The summed E-state index contributed by atoms with van der Waals surface area (Å²) < 4.78 is 0. The van der Waals surface area contributed by atoms with E-state index in [9.17, 15) is 4.79 Å². The van der Waals surface area contributed by atoms with Gasteiger partial charge in [-0.05, 0) is 73.4 Å². The lowest BCUT2D eigenvalue weighted by atomic mass is 9.72. The first-order valence-corrected chi connectivity index (χ1v) is 11.1. The predicted octanol–water partition coefficient (Wildman–Crippen LogP) is 4.13. The van der Waals surface area contributed by atoms with Gasteiger partial charge in [-0.3, -0.25) is 9.78 Å². The molecule has 2 saturated heterocycles. The molecule has 154 valence electrons. The average molecular weight is 392 g/mol. The second-order valence-corrected chi connectivity index (χ2v) is 9.03. The second kappa shape index (κ2) is 9.08. The van der Waals surface area contributed by atoms with Gasteiger partial charge < -0.3 is 9.80 Å². The number of piperidine rings is 2. The van der Waals surface area contributed by atoms with Gasteiger partial charge in [-0.2, -0.15) is 0 Å². The molecular weight excluding hydrogens is 358 g/mol. The van der Waals surface area contributed by atoms with Crippen molar-refractivity contribution in [3.05, 3.63) is 66.0 Å². The summed E-state index contributed by atoms with van der Waals surface area (Å²) in [6.07, 6.45) is 8.81. The molecule has 2 aromatic rings. The van der Waals surface area contributed by atoms with Crippen LogP contribution in [0.2, 0.25) is 0 Å². The summed E-state index contributed by atoms with van der Waals surface area (Å²) in [6, 6.07) is 14.9. The zero-order valence-electron chi connectivity index (χ0n) is 17.6. The number of carbonyl (C=O) groups is 1. The molecule has 1 aromatic carbocycles. The van der Waals surface area contributed by atoms with Crippen molar-refractivity contribution in [3.8, 4) is 0 Å². The van der Waals surface area contributed by atoms with Crippen molar-refractivity contribution < 1.29 is 4.79 Å². The standard InChI is InChI=1S/C25H33N3O/c1-21(23-5-3-2-4-6-23)19-27-17-12-25(13-18-27)11-7-24(29)28(20-25)16-10-22-8-14-26-15-9-22/h2-6,8-9,14-15,21H,7,10-13,16-20H2,1H3. The van der Waals surface area contributed by atoms with Gasteiger partial charge in [0.2, 0.25) is 5.91 Å². The third-order valence-electron chi connectivity index (χ3n) is 6.99. The molecule has 1 amide bonds. The number of aromatic nitrogens is 1. The largest absolute Gasteiger partial charge is 0.342 e. The molecule has 0 N–H and O–H groups in total. The molecule has 0 bridgehead atoms. The van der Waals surface area contributed by atoms with Crippen LogP contribution in [0.5, 0.6) is 0 Å². The number of carbonyl (C=O) groups excluding carboxylic acids is 1. The summed E-state index contributed by atoms with van der Waals surface area (Å²) >= 11 is 0. The third kappa shape index (κ3) is 5.05. The number of amides is 1. The summed E-state index contributed by atoms with van der Waals surface area (Å²) in [4.78, 5) is 21.4. The van der Waals surface area contributed by atoms with E-state index in [1.807, 2.05) is 12.4 Å². The van der Waals surface area contributed by atoms with Gasteiger partial charge in [0.1, 0.15) is 0 Å². The Hall–Kier alpha value is -2.20. The third-order valence-corrected chi connectivity index (χ3v) is 6.99. The Labute approximate surface area is 174 Å². The van der Waals surface area contributed by atoms with Crippen molar-refractivity contribution >= 4 is 5.91 Å². The molecule has 2 fully saturated rings. The number of rotatable bonds is 6. The quantitative estimate of drug-likeness (QED) is 0.743. The molecule has 2 aliphatic rings. The molecule has 4 nitrogen and oxygen atoms in total. The lowest BCUT2D eigenvalue weighted by Gasteiger charge is -2.48. The molecule has 1 atom stereocenters. The maximum absolute atomic E-state index is 12.5. The van der Waals surface area contributed by atoms with Crippen LogP contribution < -0.4 is 0 Å². The van der Waals surface area contributed by atoms with Gasteiger partial charge in [0, 0.05) is 38.4 Å². The average Bonchev–Trinajstić information content (AvgIpc) is 2.77. The van der Waals surface area contributed by atoms with Gasteiger partial charge in [-0.25, -0.2) is 0 Å². The smallest absolute Gasteiger partial charge is 0.222 e. The summed E-state index contributed by atoms with van der Waals surface area (Å²) in [5.41, 5.74) is 3.02. The Kier molecular flexibility index (Phi) is 6.29. The lowest BCUT2D eigenvalue weighted by molar-refractivity contribution is -0.139. The topological polar surface area (TPSA) is 36.4 Å². The van der Waals surface area contributed by atoms with Crippen molar-refractivity contribution in [1.29, 1.82) is 0 Å². The molecule has 0 saturated carbocycles. The van der Waals surface area contributed by atoms with Crippen molar-refractivity contribution in [2.75, 3.05) is 32.7 Å². The van der Waals surface area contributed by atoms with Crippen LogP contribution in [0.4, 0.5) is 0 Å². The Balaban J connectivity index is 1.29. The fraction of sp³-hybridized carbons (Fsp3) is 0.520. The van der Waals surface area contributed by atoms with Crippen LogP contribution in [0.15, 0.2) is 54.9 Å². The van der Waals surface area contributed by atoms with Crippen molar-refractivity contribution in [3.63, 3.8) is 0 Å². The molecule has 1 spiro atoms. The van der Waals surface area contributed by atoms with Crippen LogP contribution in [0.3, 0.4) is 0 Å². The van der Waals surface area contributed by atoms with Crippen LogP contribution in [0.1, 0.15) is 49.7 Å². The Bertz CT molecular complexity index is 784. The van der Waals surface area contributed by atoms with Gasteiger partial charge in [-0.1, -0.05) is 37.3 Å². The normalized spacial score (nSPS) is 20.7. The highest BCUT2D eigenvalue weighted by atomic mass is 16.2. The van der Waals surface area contributed by atoms with Gasteiger partial charge >= 0.3 is 0 Å². The minimum absolute atomic E-state index is 0.332. The number of likely N-dealkylation sites (tertiary alicyclic amines) is 2. The summed E-state index contributed by atoms with van der Waals surface area (Å²) in [6.45, 7) is 7.55. The van der Waals surface area contributed by atoms with Crippen molar-refractivity contribution in [1.82, 2.24) is 14.8 Å². The maximum Gasteiger partial charge on any atom is 0.222 e. The molecule has 3 heterocycles. The molecular formula is C25H33N3O. The monoisotopic (exact) mass is 391 g/mol. The fourth-order valence-corrected chi connectivity index (χ4v) is 5.01. The second-order valence-electron chi connectivity index (χ2n) is 9.03. The maximum atomic E-state index is 12.5. The molecule has 1 aromatic heterocycles. The molecule has 2 aliphatic heterocycles. The van der Waals surface area contributed by atoms with E-state index in [2.05, 4.69) is 64.2 Å². The first kappa shape index (κ1) is 20.1. The molecule has 29 heavy (non-hydrogen) atoms. The summed E-state index contributed by atoms with van der Waals surface area (Å²) in [7, 11) is 0. The van der Waals surface area contributed by atoms with Gasteiger partial charge in [-0.15, -0.1) is 0 Å². The Morgan fingerprint density at radius 3 is 2.48 bits per heavy atom. The van der Waals surface area contributed by atoms with Gasteiger partial charge in [0.25, 0.3) is 0 Å². The highest BCUT2D eigenvalue weighted by molar-refractivity contribution is 5.77. The number of hydrogen-bond acceptors (Lipinski definition) is 3. The molecule has 4 heteroatoms. The van der Waals surface area contributed by atoms with E-state index in [0.29, 0.717) is 17.2 Å². The van der Waals surface area contributed by atoms with E-state index < -0.39 is 0 Å². The number of nitrogens with zero attached hydrogens (tertiary/aromatic N) is 3. The van der Waals surface area contributed by atoms with Crippen LogP contribution in [-0.4, -0.2) is 53.4 Å². The minimum atomic E-state index is 0.332. The Morgan fingerprint density at radius 2 is 1.76 bits per heavy atom. The van der Waals surface area contributed by atoms with Crippen molar-refractivity contribution in [2.24, 2.45) is 5.41 Å². The number of benzene rings is 1. The summed E-state index contributed by atoms with van der Waals surface area (Å²) in [5, 5.41) is 0. The zero-order chi connectivity index (χ0) is 20.1. The van der Waals surface area contributed by atoms with Crippen LogP contribution in [0.25, 0.3) is 0 Å². The van der Waals surface area contributed by atoms with E-state index in [0.717, 1.165) is 52.0 Å². The molecule has 0 radical (unpaired) electrons. The lowest BCUT2D eigenvalue weighted by Crippen LogP contribution is -2.52. The number of hydrogen-bond donors (Lipinski definition) is 0. The first-order valence-electron chi connectivity index (χ1n) is 11.1. The van der Waals surface area contributed by atoms with Gasteiger partial charge in [0.15, 0.2) is 0 Å². The predicted molar refractivity (Wildman–Crippen MR) is 117 cm³/mol. The summed E-state index contributed by atoms with van der Waals surface area (Å²) in [5.74, 6) is 0.903. The SMILES string of the molecule is CC(CN1CCC2(CCC(=O)N(CCc3ccncc3)C2)CC1)c1ccccc1. The number of pyridine rings is 1. The molecule has 1 unspecified atom stereocenters. The van der Waals surface area contributed by atoms with Crippen LogP contribution in [-0.2, 0) is 11.2 Å². The highest BCUT2D eigenvalue weighted by Crippen LogP contribution is 2.40. The highest BCUT2D eigenvalue weighted by Gasteiger charge is 2.40. The molecule has 0 aliphatic carbocycles.